The van der Waals surface area contributed by atoms with Crippen LogP contribution in [0.2, 0.25) is 38.3 Å². The number of ether oxygens (including phenoxy) is 2. The van der Waals surface area contributed by atoms with Gasteiger partial charge in [-0.2, -0.15) is 0 Å². The minimum Gasteiger partial charge on any atom is -0.463 e. The van der Waals surface area contributed by atoms with Gasteiger partial charge < -0.3 is 13.6 Å². The third kappa shape index (κ3) is 13.7. The molecule has 0 radical (unpaired) electrons. The summed E-state index contributed by atoms with van der Waals surface area (Å²) >= 11 is 0. The SMILES string of the molecule is C=CC(=O)OCCCC[Si](C)(C)O[Si](C)(C)CCCCOC(=O)C=C. The van der Waals surface area contributed by atoms with E-state index in [1.165, 1.54) is 12.2 Å². The van der Waals surface area contributed by atoms with Gasteiger partial charge in [-0.15, -0.1) is 0 Å². The summed E-state index contributed by atoms with van der Waals surface area (Å²) in [5, 5.41) is 0. The molecule has 5 nitrogen and oxygen atoms in total. The fourth-order valence-electron chi connectivity index (χ4n) is 2.62. The van der Waals surface area contributed by atoms with Gasteiger partial charge in [0.2, 0.25) is 0 Å². The second-order valence-corrected chi connectivity index (χ2v) is 16.1. The number of rotatable bonds is 14. The van der Waals surface area contributed by atoms with Crippen molar-refractivity contribution in [3.63, 3.8) is 0 Å². The molecule has 25 heavy (non-hydrogen) atoms. The zero-order valence-electron chi connectivity index (χ0n) is 16.3. The summed E-state index contributed by atoms with van der Waals surface area (Å²) in [7, 11) is -3.43. The van der Waals surface area contributed by atoms with Gasteiger partial charge in [-0.05, 0) is 51.1 Å². The summed E-state index contributed by atoms with van der Waals surface area (Å²) in [6.07, 6.45) is 6.10. The fraction of sp³-hybridized carbons (Fsp3) is 0.667. The average molecular weight is 387 g/mol. The Labute approximate surface area is 154 Å². The molecule has 0 rings (SSSR count). The minimum absolute atomic E-state index is 0.361. The molecule has 0 heterocycles. The van der Waals surface area contributed by atoms with Gasteiger partial charge in [0.05, 0.1) is 13.2 Å². The van der Waals surface area contributed by atoms with Crippen LogP contribution in [0, 0.1) is 0 Å². The van der Waals surface area contributed by atoms with Crippen LogP contribution in [-0.4, -0.2) is 41.8 Å². The first kappa shape index (κ1) is 23.8. The predicted molar refractivity (Wildman–Crippen MR) is 106 cm³/mol. The van der Waals surface area contributed by atoms with Crippen LogP contribution in [0.25, 0.3) is 0 Å². The minimum atomic E-state index is -1.71. The van der Waals surface area contributed by atoms with Crippen molar-refractivity contribution in [3.8, 4) is 0 Å². The van der Waals surface area contributed by atoms with Gasteiger partial charge in [0.15, 0.2) is 16.6 Å². The standard InChI is InChI=1S/C18H34O5Si2/c1-7-17(19)21-13-9-11-15-24(3,4)23-25(5,6)16-12-10-14-22-18(20)8-2/h7-8H,1-2,9-16H2,3-6H3. The Morgan fingerprint density at radius 1 is 0.760 bits per heavy atom. The number of esters is 2. The van der Waals surface area contributed by atoms with Gasteiger partial charge in [-0.25, -0.2) is 9.59 Å². The number of unbranched alkanes of at least 4 members (excludes halogenated alkanes) is 2. The van der Waals surface area contributed by atoms with Crippen LogP contribution in [0.4, 0.5) is 0 Å². The van der Waals surface area contributed by atoms with E-state index in [4.69, 9.17) is 13.6 Å². The third-order valence-electron chi connectivity index (χ3n) is 3.72. The molecule has 0 aromatic heterocycles. The molecule has 0 aliphatic rings. The molecule has 0 aliphatic heterocycles. The lowest BCUT2D eigenvalue weighted by Crippen LogP contribution is -2.44. The van der Waals surface area contributed by atoms with Gasteiger partial charge in [-0.1, -0.05) is 26.0 Å². The van der Waals surface area contributed by atoms with Gasteiger partial charge >= 0.3 is 11.9 Å². The van der Waals surface area contributed by atoms with Crippen molar-refractivity contribution in [1.29, 1.82) is 0 Å². The Hall–Kier alpha value is -1.19. The third-order valence-corrected chi connectivity index (χ3v) is 11.3. The lowest BCUT2D eigenvalue weighted by molar-refractivity contribution is -0.138. The van der Waals surface area contributed by atoms with E-state index >= 15 is 0 Å². The highest BCUT2D eigenvalue weighted by molar-refractivity contribution is 6.84. The quantitative estimate of drug-likeness (QED) is 0.191. The van der Waals surface area contributed by atoms with Crippen LogP contribution in [0.15, 0.2) is 25.3 Å². The Balaban J connectivity index is 3.98. The van der Waals surface area contributed by atoms with Gasteiger partial charge in [0, 0.05) is 12.2 Å². The van der Waals surface area contributed by atoms with E-state index in [9.17, 15) is 9.59 Å². The highest BCUT2D eigenvalue weighted by Gasteiger charge is 2.32. The van der Waals surface area contributed by atoms with Gasteiger partial charge in [0.25, 0.3) is 0 Å². The zero-order valence-corrected chi connectivity index (χ0v) is 18.3. The average Bonchev–Trinajstić information content (AvgIpc) is 2.52. The molecule has 0 N–H and O–H groups in total. The first-order valence-electron chi connectivity index (χ1n) is 8.90. The van der Waals surface area contributed by atoms with Crippen molar-refractivity contribution >= 4 is 28.6 Å². The lowest BCUT2D eigenvalue weighted by Gasteiger charge is -2.34. The second kappa shape index (κ2) is 12.2. The highest BCUT2D eigenvalue weighted by atomic mass is 28.4. The van der Waals surface area contributed by atoms with Crippen LogP contribution >= 0.6 is 0 Å². The maximum absolute atomic E-state index is 11.0. The normalized spacial score (nSPS) is 11.7. The number of hydrogen-bond acceptors (Lipinski definition) is 5. The second-order valence-electron chi connectivity index (χ2n) is 7.28. The van der Waals surface area contributed by atoms with Crippen molar-refractivity contribution in [2.24, 2.45) is 0 Å². The number of carbonyl (C=O) groups is 2. The van der Waals surface area contributed by atoms with Crippen molar-refractivity contribution < 1.29 is 23.2 Å². The molecule has 0 aliphatic carbocycles. The van der Waals surface area contributed by atoms with Crippen LogP contribution < -0.4 is 0 Å². The summed E-state index contributed by atoms with van der Waals surface area (Å²) in [5.74, 6) is -0.722. The molecule has 0 amide bonds. The molecule has 0 spiro atoms. The Bertz CT molecular complexity index is 407. The van der Waals surface area contributed by atoms with Crippen molar-refractivity contribution in [3.05, 3.63) is 25.3 Å². The van der Waals surface area contributed by atoms with E-state index in [0.29, 0.717) is 13.2 Å². The molecule has 0 saturated carbocycles. The topological polar surface area (TPSA) is 61.8 Å². The molecule has 0 bridgehead atoms. The van der Waals surface area contributed by atoms with Gasteiger partial charge in [-0.3, -0.25) is 0 Å². The molecular formula is C18H34O5Si2. The molecular weight excluding hydrogens is 352 g/mol. The Morgan fingerprint density at radius 3 is 1.44 bits per heavy atom. The monoisotopic (exact) mass is 386 g/mol. The van der Waals surface area contributed by atoms with Crippen molar-refractivity contribution in [2.45, 2.75) is 64.0 Å². The summed E-state index contributed by atoms with van der Waals surface area (Å²) in [6, 6.07) is 2.12. The van der Waals surface area contributed by atoms with E-state index in [1.54, 1.807) is 0 Å². The first-order valence-corrected chi connectivity index (χ1v) is 15.1. The molecule has 7 heteroatoms. The molecule has 0 aromatic carbocycles. The molecule has 0 saturated heterocycles. The van der Waals surface area contributed by atoms with Crippen LogP contribution in [0.5, 0.6) is 0 Å². The van der Waals surface area contributed by atoms with Crippen LogP contribution in [0.3, 0.4) is 0 Å². The van der Waals surface area contributed by atoms with E-state index in [1.807, 2.05) is 0 Å². The lowest BCUT2D eigenvalue weighted by atomic mass is 10.4. The van der Waals surface area contributed by atoms with E-state index in [-0.39, 0.29) is 11.9 Å². The Kier molecular flexibility index (Phi) is 11.6. The predicted octanol–water partition coefficient (Wildman–Crippen LogP) is 4.43. The molecule has 0 fully saturated rings. The molecule has 0 aromatic rings. The summed E-state index contributed by atoms with van der Waals surface area (Å²) in [5.41, 5.74) is 0. The maximum atomic E-state index is 11.0. The summed E-state index contributed by atoms with van der Waals surface area (Å²) < 4.78 is 16.5. The van der Waals surface area contributed by atoms with Crippen molar-refractivity contribution in [2.75, 3.05) is 13.2 Å². The summed E-state index contributed by atoms with van der Waals surface area (Å²) in [6.45, 7) is 16.7. The molecule has 0 unspecified atom stereocenters. The number of carbonyl (C=O) groups excluding carboxylic acids is 2. The zero-order chi connectivity index (χ0) is 19.3. The Morgan fingerprint density at radius 2 is 1.12 bits per heavy atom. The highest BCUT2D eigenvalue weighted by Crippen LogP contribution is 2.24. The van der Waals surface area contributed by atoms with E-state index in [2.05, 4.69) is 39.3 Å². The van der Waals surface area contributed by atoms with Crippen LogP contribution in [0.1, 0.15) is 25.7 Å². The maximum Gasteiger partial charge on any atom is 0.330 e. The van der Waals surface area contributed by atoms with Gasteiger partial charge in [0.1, 0.15) is 0 Å². The largest absolute Gasteiger partial charge is 0.463 e. The smallest absolute Gasteiger partial charge is 0.330 e. The number of hydrogen-bond donors (Lipinski definition) is 0. The fourth-order valence-corrected chi connectivity index (χ4v) is 11.6. The van der Waals surface area contributed by atoms with Crippen molar-refractivity contribution in [1.82, 2.24) is 0 Å². The summed E-state index contributed by atoms with van der Waals surface area (Å²) in [4.78, 5) is 22.0. The van der Waals surface area contributed by atoms with Crippen LogP contribution in [-0.2, 0) is 23.2 Å². The molecule has 0 atom stereocenters. The van der Waals surface area contributed by atoms with E-state index in [0.717, 1.165) is 37.8 Å². The van der Waals surface area contributed by atoms with E-state index < -0.39 is 16.6 Å². The molecule has 144 valence electrons. The first-order chi connectivity index (χ1) is 11.6.